The number of ketones is 1. The summed E-state index contributed by atoms with van der Waals surface area (Å²) in [6.45, 7) is 0. The first-order valence-electron chi connectivity index (χ1n) is 8.03. The SMILES string of the molecule is O=C1c2cc(Br)ccc2-c2ccc(N3C(=O)c4ccccc4C3=O)cc21. The quantitative estimate of drug-likeness (QED) is 0.440. The molecule has 0 aromatic heterocycles. The van der Waals surface area contributed by atoms with Gasteiger partial charge in [0.1, 0.15) is 0 Å². The molecule has 0 unspecified atom stereocenters. The molecule has 5 rings (SSSR count). The molecule has 0 spiro atoms. The third kappa shape index (κ3) is 1.92. The summed E-state index contributed by atoms with van der Waals surface area (Å²) in [5.74, 6) is -0.831. The number of nitrogens with zero attached hydrogens (tertiary/aromatic N) is 1. The number of benzene rings is 3. The molecular formula is C21H10BrNO3. The number of anilines is 1. The van der Waals surface area contributed by atoms with Crippen LogP contribution in [0.3, 0.4) is 0 Å². The number of hydrogen-bond donors (Lipinski definition) is 0. The van der Waals surface area contributed by atoms with Crippen molar-refractivity contribution < 1.29 is 14.4 Å². The van der Waals surface area contributed by atoms with E-state index in [-0.39, 0.29) is 17.6 Å². The summed E-state index contributed by atoms with van der Waals surface area (Å²) in [7, 11) is 0. The van der Waals surface area contributed by atoms with Gasteiger partial charge in [-0.05, 0) is 47.5 Å². The van der Waals surface area contributed by atoms with Gasteiger partial charge in [0.15, 0.2) is 5.78 Å². The van der Waals surface area contributed by atoms with Crippen LogP contribution in [0.15, 0.2) is 65.1 Å². The Balaban J connectivity index is 1.63. The van der Waals surface area contributed by atoms with Crippen LogP contribution in [-0.4, -0.2) is 17.6 Å². The lowest BCUT2D eigenvalue weighted by atomic mass is 10.1. The van der Waals surface area contributed by atoms with Gasteiger partial charge in [-0.3, -0.25) is 14.4 Å². The number of rotatable bonds is 1. The third-order valence-corrected chi connectivity index (χ3v) is 5.31. The molecule has 1 aliphatic carbocycles. The highest BCUT2D eigenvalue weighted by atomic mass is 79.9. The highest BCUT2D eigenvalue weighted by Gasteiger charge is 2.37. The van der Waals surface area contributed by atoms with Gasteiger partial charge in [0, 0.05) is 15.6 Å². The summed E-state index contributed by atoms with van der Waals surface area (Å²) >= 11 is 3.39. The van der Waals surface area contributed by atoms with Crippen molar-refractivity contribution in [3.05, 3.63) is 87.4 Å². The standard InChI is InChI=1S/C21H10BrNO3/c22-11-5-7-13-14-8-6-12(10-18(14)19(24)17(13)9-11)23-20(25)15-3-1-2-4-16(15)21(23)26/h1-10H. The zero-order valence-corrected chi connectivity index (χ0v) is 14.9. The van der Waals surface area contributed by atoms with Crippen LogP contribution >= 0.6 is 15.9 Å². The molecule has 5 heteroatoms. The van der Waals surface area contributed by atoms with E-state index in [1.165, 1.54) is 0 Å². The molecule has 1 aliphatic heterocycles. The fourth-order valence-electron chi connectivity index (χ4n) is 3.60. The Morgan fingerprint density at radius 2 is 1.19 bits per heavy atom. The van der Waals surface area contributed by atoms with E-state index in [9.17, 15) is 14.4 Å². The van der Waals surface area contributed by atoms with Gasteiger partial charge in [0.25, 0.3) is 11.8 Å². The summed E-state index contributed by atoms with van der Waals surface area (Å²) in [5.41, 5.74) is 3.99. The summed E-state index contributed by atoms with van der Waals surface area (Å²) in [5, 5.41) is 0. The van der Waals surface area contributed by atoms with E-state index in [0.717, 1.165) is 20.5 Å². The van der Waals surface area contributed by atoms with E-state index in [1.54, 1.807) is 48.5 Å². The number of hydrogen-bond acceptors (Lipinski definition) is 3. The molecule has 4 nitrogen and oxygen atoms in total. The lowest BCUT2D eigenvalue weighted by molar-refractivity contribution is 0.0924. The second-order valence-electron chi connectivity index (χ2n) is 6.24. The first kappa shape index (κ1) is 15.2. The van der Waals surface area contributed by atoms with Gasteiger partial charge < -0.3 is 0 Å². The molecule has 2 amide bonds. The number of carbonyl (C=O) groups excluding carboxylic acids is 3. The summed E-state index contributed by atoms with van der Waals surface area (Å²) in [6, 6.07) is 17.5. The predicted octanol–water partition coefficient (Wildman–Crippen LogP) is 4.46. The van der Waals surface area contributed by atoms with Crippen LogP contribution in [0.4, 0.5) is 5.69 Å². The van der Waals surface area contributed by atoms with Crippen molar-refractivity contribution in [3.8, 4) is 11.1 Å². The fraction of sp³-hybridized carbons (Fsp3) is 0. The number of halogens is 1. The molecular weight excluding hydrogens is 394 g/mol. The number of fused-ring (bicyclic) bond motifs is 4. The Labute approximate surface area is 157 Å². The molecule has 0 saturated carbocycles. The highest BCUT2D eigenvalue weighted by Crippen LogP contribution is 2.40. The van der Waals surface area contributed by atoms with Crippen molar-refractivity contribution in [2.45, 2.75) is 0 Å². The average Bonchev–Trinajstić information content (AvgIpc) is 3.07. The van der Waals surface area contributed by atoms with E-state index >= 15 is 0 Å². The van der Waals surface area contributed by atoms with Gasteiger partial charge in [-0.1, -0.05) is 40.2 Å². The van der Waals surface area contributed by atoms with Crippen molar-refractivity contribution in [1.82, 2.24) is 0 Å². The zero-order chi connectivity index (χ0) is 18.0. The van der Waals surface area contributed by atoms with E-state index in [4.69, 9.17) is 0 Å². The Hall–Kier alpha value is -3.05. The lowest BCUT2D eigenvalue weighted by Crippen LogP contribution is -2.29. The molecule has 0 bridgehead atoms. The Morgan fingerprint density at radius 3 is 1.85 bits per heavy atom. The van der Waals surface area contributed by atoms with E-state index in [0.29, 0.717) is 27.9 Å². The molecule has 124 valence electrons. The summed E-state index contributed by atoms with van der Waals surface area (Å²) in [6.07, 6.45) is 0. The highest BCUT2D eigenvalue weighted by molar-refractivity contribution is 9.10. The predicted molar refractivity (Wildman–Crippen MR) is 101 cm³/mol. The maximum atomic E-state index is 12.8. The van der Waals surface area contributed by atoms with Gasteiger partial charge in [0.05, 0.1) is 16.8 Å². The number of amides is 2. The molecule has 1 heterocycles. The molecule has 0 saturated heterocycles. The molecule has 0 atom stereocenters. The first-order valence-corrected chi connectivity index (χ1v) is 8.82. The smallest absolute Gasteiger partial charge is 0.266 e. The van der Waals surface area contributed by atoms with Crippen molar-refractivity contribution in [2.24, 2.45) is 0 Å². The minimum atomic E-state index is -0.365. The molecule has 2 aliphatic rings. The Bertz CT molecular complexity index is 1130. The van der Waals surface area contributed by atoms with Gasteiger partial charge in [-0.2, -0.15) is 0 Å². The second kappa shape index (κ2) is 5.22. The summed E-state index contributed by atoms with van der Waals surface area (Å²) in [4.78, 5) is 39.2. The second-order valence-corrected chi connectivity index (χ2v) is 7.16. The normalized spacial score (nSPS) is 14.5. The monoisotopic (exact) mass is 403 g/mol. The Morgan fingerprint density at radius 1 is 0.615 bits per heavy atom. The van der Waals surface area contributed by atoms with Crippen LogP contribution in [0, 0.1) is 0 Å². The van der Waals surface area contributed by atoms with Gasteiger partial charge in [0.2, 0.25) is 0 Å². The topological polar surface area (TPSA) is 54.5 Å². The van der Waals surface area contributed by atoms with Crippen LogP contribution in [0.5, 0.6) is 0 Å². The van der Waals surface area contributed by atoms with Crippen molar-refractivity contribution in [3.63, 3.8) is 0 Å². The first-order chi connectivity index (χ1) is 12.6. The zero-order valence-electron chi connectivity index (χ0n) is 13.3. The lowest BCUT2D eigenvalue weighted by Gasteiger charge is -2.15. The minimum Gasteiger partial charge on any atom is -0.289 e. The third-order valence-electron chi connectivity index (χ3n) is 4.82. The number of carbonyl (C=O) groups is 3. The molecule has 3 aromatic rings. The maximum absolute atomic E-state index is 12.8. The van der Waals surface area contributed by atoms with Crippen LogP contribution in [0.1, 0.15) is 36.6 Å². The van der Waals surface area contributed by atoms with E-state index in [2.05, 4.69) is 15.9 Å². The molecule has 26 heavy (non-hydrogen) atoms. The molecule has 0 radical (unpaired) electrons. The van der Waals surface area contributed by atoms with Crippen LogP contribution in [-0.2, 0) is 0 Å². The van der Waals surface area contributed by atoms with Gasteiger partial charge in [-0.15, -0.1) is 0 Å². The fourth-order valence-corrected chi connectivity index (χ4v) is 3.96. The van der Waals surface area contributed by atoms with Crippen molar-refractivity contribution >= 4 is 39.2 Å². The average molecular weight is 404 g/mol. The van der Waals surface area contributed by atoms with Crippen LogP contribution < -0.4 is 4.90 Å². The minimum absolute atomic E-state index is 0.102. The van der Waals surface area contributed by atoms with Crippen LogP contribution in [0.2, 0.25) is 0 Å². The molecule has 0 N–H and O–H groups in total. The van der Waals surface area contributed by atoms with Gasteiger partial charge in [-0.25, -0.2) is 4.90 Å². The largest absolute Gasteiger partial charge is 0.289 e. The van der Waals surface area contributed by atoms with E-state index in [1.807, 2.05) is 12.1 Å². The Kier molecular flexibility index (Phi) is 3.06. The van der Waals surface area contributed by atoms with Crippen LogP contribution in [0.25, 0.3) is 11.1 Å². The van der Waals surface area contributed by atoms with Gasteiger partial charge >= 0.3 is 0 Å². The molecule has 3 aromatic carbocycles. The van der Waals surface area contributed by atoms with Crippen molar-refractivity contribution in [2.75, 3.05) is 4.90 Å². The number of imide groups is 1. The summed E-state index contributed by atoms with van der Waals surface area (Å²) < 4.78 is 0.831. The maximum Gasteiger partial charge on any atom is 0.266 e. The van der Waals surface area contributed by atoms with E-state index < -0.39 is 0 Å². The molecule has 0 fully saturated rings. The van der Waals surface area contributed by atoms with Crippen molar-refractivity contribution in [1.29, 1.82) is 0 Å².